The number of carbonyl (C=O) groups is 1. The van der Waals surface area contributed by atoms with Gasteiger partial charge in [-0.1, -0.05) is 49.4 Å². The number of piperidine rings is 1. The summed E-state index contributed by atoms with van der Waals surface area (Å²) in [7, 11) is 0. The number of piperazine rings is 1. The van der Waals surface area contributed by atoms with Crippen molar-refractivity contribution in [1.29, 1.82) is 0 Å². The summed E-state index contributed by atoms with van der Waals surface area (Å²) < 4.78 is 0. The van der Waals surface area contributed by atoms with Gasteiger partial charge in [0.2, 0.25) is 5.91 Å². The maximum atomic E-state index is 12.2. The lowest BCUT2D eigenvalue weighted by Crippen LogP contribution is -2.62. The highest BCUT2D eigenvalue weighted by molar-refractivity contribution is 5.76. The molecule has 3 nitrogen and oxygen atoms in total. The van der Waals surface area contributed by atoms with Gasteiger partial charge in [-0.2, -0.15) is 0 Å². The molecule has 2 saturated heterocycles. The predicted molar refractivity (Wildman–Crippen MR) is 90.5 cm³/mol. The lowest BCUT2D eigenvalue weighted by atomic mass is 9.91. The number of nitrogens with zero attached hydrogens (tertiary/aromatic N) is 2. The van der Waals surface area contributed by atoms with Crippen LogP contribution < -0.4 is 0 Å². The smallest absolute Gasteiger partial charge is 0.222 e. The van der Waals surface area contributed by atoms with Crippen molar-refractivity contribution < 1.29 is 4.79 Å². The highest BCUT2D eigenvalue weighted by Crippen LogP contribution is 2.29. The Labute approximate surface area is 133 Å². The first-order valence-corrected chi connectivity index (χ1v) is 8.53. The molecule has 2 bridgehead atoms. The van der Waals surface area contributed by atoms with Gasteiger partial charge >= 0.3 is 0 Å². The number of likely N-dealkylation sites (tertiary alicyclic amines) is 1. The third-order valence-corrected chi connectivity index (χ3v) is 4.86. The van der Waals surface area contributed by atoms with Crippen LogP contribution in [0.2, 0.25) is 0 Å². The molecule has 0 radical (unpaired) electrons. The Bertz CT molecular complexity index is 511. The number of benzene rings is 1. The van der Waals surface area contributed by atoms with Crippen LogP contribution in [0.25, 0.3) is 6.08 Å². The van der Waals surface area contributed by atoms with Gasteiger partial charge in [0.25, 0.3) is 0 Å². The highest BCUT2D eigenvalue weighted by atomic mass is 16.2. The number of amides is 1. The minimum atomic E-state index is 0.342. The zero-order valence-electron chi connectivity index (χ0n) is 13.4. The molecule has 2 aliphatic heterocycles. The maximum absolute atomic E-state index is 12.2. The Balaban J connectivity index is 1.59. The van der Waals surface area contributed by atoms with Crippen molar-refractivity contribution in [3.63, 3.8) is 0 Å². The normalized spacial score (nSPS) is 25.6. The van der Waals surface area contributed by atoms with Crippen molar-refractivity contribution in [1.82, 2.24) is 9.80 Å². The fraction of sp³-hybridized carbons (Fsp3) is 0.526. The summed E-state index contributed by atoms with van der Waals surface area (Å²) in [6.07, 6.45) is 8.70. The molecule has 1 aromatic carbocycles. The Kier molecular flexibility index (Phi) is 4.94. The molecular weight excluding hydrogens is 272 g/mol. The largest absolute Gasteiger partial charge is 0.334 e. The molecular formula is C19H26N2O. The van der Waals surface area contributed by atoms with Gasteiger partial charge in [-0.05, 0) is 24.8 Å². The molecule has 0 aromatic heterocycles. The molecule has 0 N–H and O–H groups in total. The second-order valence-electron chi connectivity index (χ2n) is 6.42. The lowest BCUT2D eigenvalue weighted by Gasteiger charge is -2.50. The van der Waals surface area contributed by atoms with Crippen LogP contribution in [-0.2, 0) is 4.79 Å². The van der Waals surface area contributed by atoms with E-state index in [0.29, 0.717) is 24.4 Å². The van der Waals surface area contributed by atoms with E-state index in [1.807, 2.05) is 13.0 Å². The zero-order valence-corrected chi connectivity index (χ0v) is 13.4. The Hall–Kier alpha value is -1.61. The van der Waals surface area contributed by atoms with E-state index in [1.165, 1.54) is 24.8 Å². The van der Waals surface area contributed by atoms with Gasteiger partial charge in [0.05, 0.1) is 0 Å². The molecule has 22 heavy (non-hydrogen) atoms. The summed E-state index contributed by atoms with van der Waals surface area (Å²) in [6.45, 7) is 5.02. The summed E-state index contributed by atoms with van der Waals surface area (Å²) in [5.41, 5.74) is 1.25. The molecule has 2 fully saturated rings. The minimum Gasteiger partial charge on any atom is -0.334 e. The topological polar surface area (TPSA) is 23.6 Å². The first-order valence-electron chi connectivity index (χ1n) is 8.53. The third kappa shape index (κ3) is 3.41. The SMILES string of the molecule is CCC(=O)N1[C@@H]2CCC[C@H]1CN(C/C=C/c1ccccc1)C2. The molecule has 0 spiro atoms. The van der Waals surface area contributed by atoms with Crippen molar-refractivity contribution in [2.45, 2.75) is 44.7 Å². The summed E-state index contributed by atoms with van der Waals surface area (Å²) in [5, 5.41) is 0. The monoisotopic (exact) mass is 298 g/mol. The predicted octanol–water partition coefficient (Wildman–Crippen LogP) is 3.18. The number of hydrogen-bond acceptors (Lipinski definition) is 2. The standard InChI is InChI=1S/C19H26N2O/c1-2-19(22)21-17-11-6-12-18(21)15-20(14-17)13-7-10-16-8-4-3-5-9-16/h3-5,7-10,17-18H,2,6,11-15H2,1H3/b10-7+/t17-,18+. The molecule has 2 atom stereocenters. The second-order valence-corrected chi connectivity index (χ2v) is 6.42. The molecule has 0 saturated carbocycles. The molecule has 1 aromatic rings. The van der Waals surface area contributed by atoms with Crippen LogP contribution in [-0.4, -0.2) is 47.4 Å². The van der Waals surface area contributed by atoms with E-state index in [4.69, 9.17) is 0 Å². The molecule has 3 heteroatoms. The minimum absolute atomic E-state index is 0.342. The van der Waals surface area contributed by atoms with E-state index >= 15 is 0 Å². The van der Waals surface area contributed by atoms with Crippen molar-refractivity contribution in [2.24, 2.45) is 0 Å². The van der Waals surface area contributed by atoms with Gasteiger partial charge in [-0.3, -0.25) is 9.69 Å². The van der Waals surface area contributed by atoms with E-state index < -0.39 is 0 Å². The van der Waals surface area contributed by atoms with Crippen LogP contribution >= 0.6 is 0 Å². The van der Waals surface area contributed by atoms with Crippen LogP contribution in [0.4, 0.5) is 0 Å². The fourth-order valence-electron chi connectivity index (χ4n) is 3.84. The average Bonchev–Trinajstić information content (AvgIpc) is 2.54. The zero-order chi connectivity index (χ0) is 15.4. The Morgan fingerprint density at radius 1 is 1.18 bits per heavy atom. The van der Waals surface area contributed by atoms with Crippen molar-refractivity contribution in [2.75, 3.05) is 19.6 Å². The van der Waals surface area contributed by atoms with Gasteiger partial charge in [-0.25, -0.2) is 0 Å². The summed E-state index contributed by atoms with van der Waals surface area (Å²) >= 11 is 0. The quantitative estimate of drug-likeness (QED) is 0.852. The van der Waals surface area contributed by atoms with Crippen LogP contribution in [0.5, 0.6) is 0 Å². The lowest BCUT2D eigenvalue weighted by molar-refractivity contribution is -0.142. The molecule has 0 unspecified atom stereocenters. The Morgan fingerprint density at radius 3 is 2.50 bits per heavy atom. The van der Waals surface area contributed by atoms with Crippen LogP contribution in [0, 0.1) is 0 Å². The number of fused-ring (bicyclic) bond motifs is 2. The van der Waals surface area contributed by atoms with Crippen molar-refractivity contribution >= 4 is 12.0 Å². The van der Waals surface area contributed by atoms with Crippen LogP contribution in [0.15, 0.2) is 36.4 Å². The molecule has 118 valence electrons. The number of hydrogen-bond donors (Lipinski definition) is 0. The fourth-order valence-corrected chi connectivity index (χ4v) is 3.84. The van der Waals surface area contributed by atoms with E-state index in [1.54, 1.807) is 0 Å². The summed E-state index contributed by atoms with van der Waals surface area (Å²) in [5.74, 6) is 0.342. The maximum Gasteiger partial charge on any atom is 0.222 e. The summed E-state index contributed by atoms with van der Waals surface area (Å²) in [6, 6.07) is 11.3. The Morgan fingerprint density at radius 2 is 1.86 bits per heavy atom. The van der Waals surface area contributed by atoms with Crippen LogP contribution in [0.1, 0.15) is 38.2 Å². The van der Waals surface area contributed by atoms with Gasteiger partial charge in [0, 0.05) is 38.1 Å². The first-order chi connectivity index (χ1) is 10.8. The molecule has 3 rings (SSSR count). The van der Waals surface area contributed by atoms with Crippen LogP contribution in [0.3, 0.4) is 0 Å². The molecule has 2 heterocycles. The number of rotatable bonds is 4. The third-order valence-electron chi connectivity index (χ3n) is 4.86. The molecule has 1 amide bonds. The van der Waals surface area contributed by atoms with E-state index in [-0.39, 0.29) is 0 Å². The van der Waals surface area contributed by atoms with Crippen molar-refractivity contribution in [3.05, 3.63) is 42.0 Å². The summed E-state index contributed by atoms with van der Waals surface area (Å²) in [4.78, 5) is 16.9. The first kappa shape index (κ1) is 15.3. The van der Waals surface area contributed by atoms with Crippen molar-refractivity contribution in [3.8, 4) is 0 Å². The second kappa shape index (κ2) is 7.10. The average molecular weight is 298 g/mol. The number of carbonyl (C=O) groups excluding carboxylic acids is 1. The molecule has 0 aliphatic carbocycles. The van der Waals surface area contributed by atoms with Gasteiger partial charge in [0.1, 0.15) is 0 Å². The highest BCUT2D eigenvalue weighted by Gasteiger charge is 2.38. The van der Waals surface area contributed by atoms with E-state index in [9.17, 15) is 4.79 Å². The van der Waals surface area contributed by atoms with E-state index in [2.05, 4.69) is 46.2 Å². The van der Waals surface area contributed by atoms with Gasteiger partial charge in [-0.15, -0.1) is 0 Å². The molecule has 2 aliphatic rings. The van der Waals surface area contributed by atoms with Gasteiger partial charge in [0.15, 0.2) is 0 Å². The van der Waals surface area contributed by atoms with Gasteiger partial charge < -0.3 is 4.90 Å². The van der Waals surface area contributed by atoms with E-state index in [0.717, 1.165) is 19.6 Å².